The third-order valence-electron chi connectivity index (χ3n) is 2.30. The second kappa shape index (κ2) is 5.71. The minimum atomic E-state index is -0.623. The molecule has 1 aromatic carbocycles. The summed E-state index contributed by atoms with van der Waals surface area (Å²) in [6, 6.07) is 4.27. The molecule has 0 aliphatic heterocycles. The Morgan fingerprint density at radius 2 is 1.95 bits per heavy atom. The summed E-state index contributed by atoms with van der Waals surface area (Å²) in [4.78, 5) is 23.0. The fourth-order valence-corrected chi connectivity index (χ4v) is 1.52. The van der Waals surface area contributed by atoms with Gasteiger partial charge in [-0.2, -0.15) is 0 Å². The third kappa shape index (κ3) is 4.59. The van der Waals surface area contributed by atoms with Crippen LogP contribution in [0.4, 0.5) is 5.69 Å². The minimum Gasteiger partial charge on any atom is -0.507 e. The van der Waals surface area contributed by atoms with Crippen molar-refractivity contribution in [1.29, 1.82) is 0 Å². The highest BCUT2D eigenvalue weighted by Crippen LogP contribution is 2.22. The molecule has 1 aromatic rings. The van der Waals surface area contributed by atoms with Crippen molar-refractivity contribution in [2.75, 3.05) is 40.1 Å². The van der Waals surface area contributed by atoms with E-state index in [1.165, 1.54) is 19.2 Å². The molecule has 0 heterocycles. The van der Waals surface area contributed by atoms with Gasteiger partial charge in [0.15, 0.2) is 6.54 Å². The number of hydrogen-bond donors (Lipinski definition) is 2. The smallest absolute Gasteiger partial charge is 0.341 e. The number of ether oxygens (including phenoxy) is 1. The fourth-order valence-electron chi connectivity index (χ4n) is 1.52. The number of carbonyl (C=O) groups excluding carboxylic acids is 2. The lowest BCUT2D eigenvalue weighted by Crippen LogP contribution is -2.41. The number of phenolic OH excluding ortho intramolecular Hbond substituents is 1. The van der Waals surface area contributed by atoms with E-state index in [0.29, 0.717) is 16.7 Å². The van der Waals surface area contributed by atoms with Gasteiger partial charge in [0.25, 0.3) is 5.91 Å². The van der Waals surface area contributed by atoms with Crippen molar-refractivity contribution in [3.05, 3.63) is 23.8 Å². The number of carbonyl (C=O) groups is 2. The first kappa shape index (κ1) is 15.0. The van der Waals surface area contributed by atoms with E-state index in [2.05, 4.69) is 10.1 Å². The highest BCUT2D eigenvalue weighted by molar-refractivity contribution is 5.95. The molecule has 104 valence electrons. The van der Waals surface area contributed by atoms with Gasteiger partial charge in [0.1, 0.15) is 11.3 Å². The fraction of sp³-hybridized carbons (Fsp3) is 0.385. The lowest BCUT2D eigenvalue weighted by Gasteiger charge is -2.22. The van der Waals surface area contributed by atoms with Crippen LogP contribution >= 0.6 is 0 Å². The maximum atomic E-state index is 11.7. The molecule has 6 nitrogen and oxygen atoms in total. The number of benzene rings is 1. The Labute approximate surface area is 112 Å². The first-order valence-corrected chi connectivity index (χ1v) is 5.74. The lowest BCUT2D eigenvalue weighted by atomic mass is 10.2. The van der Waals surface area contributed by atoms with Crippen LogP contribution in [0.25, 0.3) is 0 Å². The van der Waals surface area contributed by atoms with E-state index in [1.807, 2.05) is 21.1 Å². The molecule has 0 unspecified atom stereocenters. The van der Waals surface area contributed by atoms with Crippen molar-refractivity contribution >= 4 is 17.6 Å². The number of methoxy groups -OCH3 is 1. The average molecular weight is 267 g/mol. The summed E-state index contributed by atoms with van der Waals surface area (Å²) >= 11 is 0. The summed E-state index contributed by atoms with van der Waals surface area (Å²) in [5, 5.41) is 12.3. The number of anilines is 1. The second-order valence-corrected chi connectivity index (χ2v) is 5.22. The summed E-state index contributed by atoms with van der Waals surface area (Å²) in [6.45, 7) is 0.305. The van der Waals surface area contributed by atoms with Crippen molar-refractivity contribution in [3.63, 3.8) is 0 Å². The Balaban J connectivity index is 2.79. The van der Waals surface area contributed by atoms with Crippen LogP contribution in [0, 0.1) is 0 Å². The maximum Gasteiger partial charge on any atom is 0.341 e. The van der Waals surface area contributed by atoms with E-state index in [-0.39, 0.29) is 17.2 Å². The first-order chi connectivity index (χ1) is 8.73. The standard InChI is InChI=1S/C13H18N2O4/c1-15(2,3)8-12(17)14-9-5-6-10(11(16)7-9)13(18)19-4/h5-7H,8H2,1-4H3,(H-,14,16,17,18)/p+1. The van der Waals surface area contributed by atoms with Gasteiger partial charge >= 0.3 is 5.97 Å². The molecule has 0 aliphatic rings. The summed E-state index contributed by atoms with van der Waals surface area (Å²) in [5.74, 6) is -1.02. The highest BCUT2D eigenvalue weighted by Gasteiger charge is 2.16. The Morgan fingerprint density at radius 3 is 2.42 bits per heavy atom. The van der Waals surface area contributed by atoms with Crippen LogP contribution in [0.15, 0.2) is 18.2 Å². The minimum absolute atomic E-state index is 0.0621. The molecule has 0 radical (unpaired) electrons. The number of phenols is 1. The second-order valence-electron chi connectivity index (χ2n) is 5.22. The molecule has 1 rings (SSSR count). The van der Waals surface area contributed by atoms with Crippen LogP contribution < -0.4 is 5.32 Å². The first-order valence-electron chi connectivity index (χ1n) is 5.74. The molecule has 0 atom stereocenters. The normalized spacial score (nSPS) is 10.9. The summed E-state index contributed by atoms with van der Waals surface area (Å²) in [5.41, 5.74) is 0.496. The number of rotatable bonds is 4. The predicted molar refractivity (Wildman–Crippen MR) is 71.0 cm³/mol. The van der Waals surface area contributed by atoms with E-state index >= 15 is 0 Å². The molecule has 0 aromatic heterocycles. The molecule has 0 aliphatic carbocycles. The molecule has 19 heavy (non-hydrogen) atoms. The van der Waals surface area contributed by atoms with Crippen molar-refractivity contribution in [2.45, 2.75) is 0 Å². The average Bonchev–Trinajstić information content (AvgIpc) is 2.25. The number of quaternary nitrogens is 1. The molecule has 0 bridgehead atoms. The van der Waals surface area contributed by atoms with E-state index in [0.717, 1.165) is 0 Å². The van der Waals surface area contributed by atoms with E-state index in [9.17, 15) is 14.7 Å². The van der Waals surface area contributed by atoms with Crippen LogP contribution in [-0.4, -0.2) is 56.3 Å². The number of likely N-dealkylation sites (N-methyl/N-ethyl adjacent to an activating group) is 1. The highest BCUT2D eigenvalue weighted by atomic mass is 16.5. The SMILES string of the molecule is COC(=O)c1ccc(NC(=O)C[N+](C)(C)C)cc1O. The molecule has 2 N–H and O–H groups in total. The van der Waals surface area contributed by atoms with Gasteiger partial charge in [0.05, 0.1) is 28.3 Å². The number of amides is 1. The van der Waals surface area contributed by atoms with Gasteiger partial charge < -0.3 is 19.6 Å². The van der Waals surface area contributed by atoms with Crippen molar-refractivity contribution in [2.24, 2.45) is 0 Å². The quantitative estimate of drug-likeness (QED) is 0.625. The Kier molecular flexibility index (Phi) is 4.50. The van der Waals surface area contributed by atoms with Crippen LogP contribution in [0.5, 0.6) is 5.75 Å². The molecular weight excluding hydrogens is 248 g/mol. The topological polar surface area (TPSA) is 75.6 Å². The Bertz CT molecular complexity index is 492. The van der Waals surface area contributed by atoms with Crippen LogP contribution in [0.2, 0.25) is 0 Å². The number of aromatic hydroxyl groups is 1. The predicted octanol–water partition coefficient (Wildman–Crippen LogP) is 0.823. The molecule has 0 saturated carbocycles. The zero-order chi connectivity index (χ0) is 14.6. The molecule has 0 fully saturated rings. The van der Waals surface area contributed by atoms with Crippen molar-refractivity contribution in [3.8, 4) is 5.75 Å². The van der Waals surface area contributed by atoms with Gasteiger partial charge in [-0.15, -0.1) is 0 Å². The van der Waals surface area contributed by atoms with E-state index in [1.54, 1.807) is 6.07 Å². The number of nitrogens with one attached hydrogen (secondary N) is 1. The van der Waals surface area contributed by atoms with Crippen LogP contribution in [0.1, 0.15) is 10.4 Å². The summed E-state index contributed by atoms with van der Waals surface area (Å²) in [7, 11) is 6.94. The molecular formula is C13H19N2O4+. The Morgan fingerprint density at radius 1 is 1.32 bits per heavy atom. The van der Waals surface area contributed by atoms with Gasteiger partial charge in [-0.25, -0.2) is 4.79 Å². The zero-order valence-corrected chi connectivity index (χ0v) is 11.6. The van der Waals surface area contributed by atoms with Crippen molar-refractivity contribution < 1.29 is 23.9 Å². The molecule has 0 spiro atoms. The zero-order valence-electron chi connectivity index (χ0n) is 11.6. The molecule has 6 heteroatoms. The van der Waals surface area contributed by atoms with E-state index in [4.69, 9.17) is 0 Å². The van der Waals surface area contributed by atoms with Crippen LogP contribution in [0.3, 0.4) is 0 Å². The van der Waals surface area contributed by atoms with Crippen molar-refractivity contribution in [1.82, 2.24) is 0 Å². The Hall–Kier alpha value is -2.08. The van der Waals surface area contributed by atoms with Gasteiger partial charge in [-0.05, 0) is 12.1 Å². The van der Waals surface area contributed by atoms with Crippen LogP contribution in [-0.2, 0) is 9.53 Å². The van der Waals surface area contributed by atoms with E-state index < -0.39 is 5.97 Å². The number of nitrogens with zero attached hydrogens (tertiary/aromatic N) is 1. The van der Waals surface area contributed by atoms with Gasteiger partial charge in [-0.1, -0.05) is 0 Å². The number of hydrogen-bond acceptors (Lipinski definition) is 4. The third-order valence-corrected chi connectivity index (χ3v) is 2.30. The monoisotopic (exact) mass is 267 g/mol. The maximum absolute atomic E-state index is 11.7. The summed E-state index contributed by atoms with van der Waals surface area (Å²) < 4.78 is 5.01. The largest absolute Gasteiger partial charge is 0.507 e. The molecule has 0 saturated heterocycles. The van der Waals surface area contributed by atoms with Gasteiger partial charge in [0.2, 0.25) is 0 Å². The number of esters is 1. The van der Waals surface area contributed by atoms with Gasteiger partial charge in [-0.3, -0.25) is 4.79 Å². The molecule has 1 amide bonds. The van der Waals surface area contributed by atoms with Gasteiger partial charge in [0, 0.05) is 11.8 Å². The summed E-state index contributed by atoms with van der Waals surface area (Å²) in [6.07, 6.45) is 0. The lowest BCUT2D eigenvalue weighted by molar-refractivity contribution is -0.861.